The number of hydrogen-bond acceptors (Lipinski definition) is 2. The molecule has 4 heteroatoms. The minimum atomic E-state index is 0.550. The predicted molar refractivity (Wildman–Crippen MR) is 155 cm³/mol. The van der Waals surface area contributed by atoms with Crippen molar-refractivity contribution in [3.05, 3.63) is 126 Å². The van der Waals surface area contributed by atoms with Gasteiger partial charge in [-0.1, -0.05) is 91.0 Å². The fraction of sp³-hybridized carbons (Fsp3) is 0.0312. The van der Waals surface area contributed by atoms with Crippen LogP contribution in [0.3, 0.4) is 0 Å². The smallest absolute Gasteiger partial charge is 0.126 e. The predicted octanol–water partition coefficient (Wildman–Crippen LogP) is 8.06. The molecule has 0 radical (unpaired) electrons. The average Bonchev–Trinajstić information content (AvgIpc) is 3.48. The van der Waals surface area contributed by atoms with Crippen molar-refractivity contribution in [2.24, 2.45) is 10.7 Å². The number of thiophene rings is 1. The summed E-state index contributed by atoms with van der Waals surface area (Å²) in [7, 11) is 0. The van der Waals surface area contributed by atoms with Crippen LogP contribution in [-0.4, -0.2) is 10.4 Å². The van der Waals surface area contributed by atoms with Crippen molar-refractivity contribution in [2.75, 3.05) is 0 Å². The van der Waals surface area contributed by atoms with Gasteiger partial charge in [0.1, 0.15) is 5.84 Å². The lowest BCUT2D eigenvalue weighted by molar-refractivity contribution is 1.06. The molecule has 7 aromatic rings. The number of benzene rings is 5. The number of fused-ring (bicyclic) bond motifs is 7. The Bertz CT molecular complexity index is 1930. The molecule has 0 unspecified atom stereocenters. The van der Waals surface area contributed by atoms with Crippen LogP contribution in [0.25, 0.3) is 47.7 Å². The molecule has 0 bridgehead atoms. The van der Waals surface area contributed by atoms with Crippen molar-refractivity contribution < 1.29 is 0 Å². The average molecular weight is 482 g/mol. The van der Waals surface area contributed by atoms with E-state index >= 15 is 0 Å². The third-order valence-corrected chi connectivity index (χ3v) is 8.05. The Morgan fingerprint density at radius 2 is 1.44 bits per heavy atom. The zero-order chi connectivity index (χ0) is 24.1. The molecular weight excluding hydrogens is 458 g/mol. The molecule has 2 aromatic heterocycles. The maximum absolute atomic E-state index is 6.47. The number of amidine groups is 1. The number of aromatic nitrogens is 1. The van der Waals surface area contributed by atoms with Gasteiger partial charge in [-0.3, -0.25) is 4.99 Å². The highest BCUT2D eigenvalue weighted by Gasteiger charge is 2.17. The minimum Gasteiger partial charge on any atom is -0.383 e. The first-order valence-electron chi connectivity index (χ1n) is 12.1. The lowest BCUT2D eigenvalue weighted by Crippen LogP contribution is -2.14. The number of nitrogens with zero attached hydrogens (tertiary/aromatic N) is 2. The van der Waals surface area contributed by atoms with Crippen molar-refractivity contribution in [3.63, 3.8) is 0 Å². The van der Waals surface area contributed by atoms with Crippen molar-refractivity contribution in [1.29, 1.82) is 0 Å². The molecule has 0 saturated heterocycles. The number of hydrogen-bond donors (Lipinski definition) is 1. The van der Waals surface area contributed by atoms with E-state index in [1.165, 1.54) is 42.0 Å². The van der Waals surface area contributed by atoms with Gasteiger partial charge in [0.15, 0.2) is 0 Å². The van der Waals surface area contributed by atoms with E-state index in [9.17, 15) is 0 Å². The van der Waals surface area contributed by atoms with Gasteiger partial charge >= 0.3 is 0 Å². The summed E-state index contributed by atoms with van der Waals surface area (Å²) in [5.74, 6) is 0.550. The van der Waals surface area contributed by atoms with Gasteiger partial charge in [-0.2, -0.15) is 0 Å². The molecule has 0 atom stereocenters. The van der Waals surface area contributed by atoms with Gasteiger partial charge < -0.3 is 10.3 Å². The second-order valence-corrected chi connectivity index (χ2v) is 10.1. The lowest BCUT2D eigenvalue weighted by Gasteiger charge is -2.11. The van der Waals surface area contributed by atoms with Crippen LogP contribution in [0.4, 0.5) is 0 Å². The number of rotatable bonds is 4. The van der Waals surface area contributed by atoms with Crippen molar-refractivity contribution >= 4 is 59.2 Å². The first-order valence-corrected chi connectivity index (χ1v) is 12.9. The molecule has 0 spiro atoms. The molecule has 2 heterocycles. The number of aliphatic imine (C=N–C) groups is 1. The summed E-state index contributed by atoms with van der Waals surface area (Å²) in [6, 6.07) is 40.5. The van der Waals surface area contributed by atoms with E-state index in [1.807, 2.05) is 35.6 Å². The molecule has 172 valence electrons. The highest BCUT2D eigenvalue weighted by molar-refractivity contribution is 7.26. The zero-order valence-electron chi connectivity index (χ0n) is 19.6. The number of nitrogens with two attached hydrogens (primary N) is 1. The van der Waals surface area contributed by atoms with E-state index in [0.717, 1.165) is 16.8 Å². The Hall–Kier alpha value is -4.41. The molecule has 36 heavy (non-hydrogen) atoms. The van der Waals surface area contributed by atoms with E-state index in [2.05, 4.69) is 101 Å². The van der Waals surface area contributed by atoms with Crippen molar-refractivity contribution in [2.45, 2.75) is 6.54 Å². The monoisotopic (exact) mass is 481 g/mol. The van der Waals surface area contributed by atoms with Gasteiger partial charge in [0.05, 0.1) is 22.3 Å². The summed E-state index contributed by atoms with van der Waals surface area (Å²) >= 11 is 1.86. The summed E-state index contributed by atoms with van der Waals surface area (Å²) < 4.78 is 5.00. The highest BCUT2D eigenvalue weighted by Crippen LogP contribution is 2.42. The Kier molecular flexibility index (Phi) is 4.86. The summed E-state index contributed by atoms with van der Waals surface area (Å²) in [6.45, 7) is 0.564. The van der Waals surface area contributed by atoms with Crippen LogP contribution in [0.5, 0.6) is 0 Å². The Balaban J connectivity index is 1.46. The number of para-hydroxylation sites is 1. The Morgan fingerprint density at radius 3 is 2.33 bits per heavy atom. The molecule has 3 nitrogen and oxygen atoms in total. The van der Waals surface area contributed by atoms with E-state index in [-0.39, 0.29) is 0 Å². The molecule has 0 saturated carbocycles. The van der Waals surface area contributed by atoms with Gasteiger partial charge in [0, 0.05) is 37.5 Å². The SMILES string of the molecule is NC(=NCc1ccccc1)c1cccc(-n2c3ccccc3c3ccc4c5ccccc5sc4c32)c1. The summed E-state index contributed by atoms with van der Waals surface area (Å²) in [4.78, 5) is 4.68. The molecule has 0 amide bonds. The van der Waals surface area contributed by atoms with E-state index in [1.54, 1.807) is 0 Å². The van der Waals surface area contributed by atoms with Gasteiger partial charge in [0.25, 0.3) is 0 Å². The Labute approximate surface area is 212 Å². The van der Waals surface area contributed by atoms with Crippen LogP contribution < -0.4 is 5.73 Å². The van der Waals surface area contributed by atoms with Crippen LogP contribution in [0.1, 0.15) is 11.1 Å². The van der Waals surface area contributed by atoms with Crippen molar-refractivity contribution in [1.82, 2.24) is 4.57 Å². The second kappa shape index (κ2) is 8.36. The molecular formula is C32H23N3S. The minimum absolute atomic E-state index is 0.550. The topological polar surface area (TPSA) is 43.3 Å². The van der Waals surface area contributed by atoms with E-state index < -0.39 is 0 Å². The third-order valence-electron chi connectivity index (χ3n) is 6.85. The first kappa shape index (κ1) is 20.9. The maximum atomic E-state index is 6.47. The van der Waals surface area contributed by atoms with Crippen LogP contribution in [-0.2, 0) is 6.54 Å². The largest absolute Gasteiger partial charge is 0.383 e. The third kappa shape index (κ3) is 3.30. The maximum Gasteiger partial charge on any atom is 0.126 e. The van der Waals surface area contributed by atoms with E-state index in [4.69, 9.17) is 5.73 Å². The van der Waals surface area contributed by atoms with Crippen LogP contribution >= 0.6 is 11.3 Å². The van der Waals surface area contributed by atoms with Crippen LogP contribution in [0.2, 0.25) is 0 Å². The van der Waals surface area contributed by atoms with Gasteiger partial charge in [0.2, 0.25) is 0 Å². The highest BCUT2D eigenvalue weighted by atomic mass is 32.1. The van der Waals surface area contributed by atoms with E-state index in [0.29, 0.717) is 12.4 Å². The molecule has 5 aromatic carbocycles. The quantitative estimate of drug-likeness (QED) is 0.200. The van der Waals surface area contributed by atoms with Gasteiger partial charge in [-0.25, -0.2) is 0 Å². The molecule has 7 rings (SSSR count). The molecule has 0 aliphatic carbocycles. The molecule has 0 fully saturated rings. The summed E-state index contributed by atoms with van der Waals surface area (Å²) in [5, 5.41) is 5.12. The first-order chi connectivity index (χ1) is 17.8. The fourth-order valence-corrected chi connectivity index (χ4v) is 6.39. The van der Waals surface area contributed by atoms with Crippen LogP contribution in [0.15, 0.2) is 120 Å². The lowest BCUT2D eigenvalue weighted by atomic mass is 10.1. The fourth-order valence-electron chi connectivity index (χ4n) is 5.15. The summed E-state index contributed by atoms with van der Waals surface area (Å²) in [5.41, 5.74) is 12.1. The van der Waals surface area contributed by atoms with Gasteiger partial charge in [-0.05, 0) is 29.8 Å². The molecule has 2 N–H and O–H groups in total. The van der Waals surface area contributed by atoms with Crippen LogP contribution in [0, 0.1) is 0 Å². The zero-order valence-corrected chi connectivity index (χ0v) is 20.4. The van der Waals surface area contributed by atoms with Crippen molar-refractivity contribution in [3.8, 4) is 5.69 Å². The molecule has 0 aliphatic rings. The molecule has 0 aliphatic heterocycles. The summed E-state index contributed by atoms with van der Waals surface area (Å²) in [6.07, 6.45) is 0. The Morgan fingerprint density at radius 1 is 0.694 bits per heavy atom. The standard InChI is InChI=1S/C32H23N3S/c33-32(34-20-21-9-2-1-3-10-21)22-11-8-12-23(19-22)35-28-15-6-4-13-24(28)26-17-18-27-25-14-5-7-16-29(25)36-31(27)30(26)35/h1-19H,20H2,(H2,33,34). The van der Waals surface area contributed by atoms with Gasteiger partial charge in [-0.15, -0.1) is 11.3 Å². The second-order valence-electron chi connectivity index (χ2n) is 9.03. The normalized spacial score (nSPS) is 12.3.